The summed E-state index contributed by atoms with van der Waals surface area (Å²) in [5.74, 6) is 1.47. The second-order valence-electron chi connectivity index (χ2n) is 4.60. The van der Waals surface area contributed by atoms with E-state index < -0.39 is 0 Å². The predicted octanol–water partition coefficient (Wildman–Crippen LogP) is 2.87. The monoisotopic (exact) mass is 391 g/mol. The Morgan fingerprint density at radius 1 is 1.40 bits per heavy atom. The molecule has 1 rings (SSSR count). The van der Waals surface area contributed by atoms with Gasteiger partial charge in [-0.15, -0.1) is 24.0 Å². The number of hydrogen-bond donors (Lipinski definition) is 2. The maximum atomic E-state index is 5.77. The minimum absolute atomic E-state index is 0. The first kappa shape index (κ1) is 19.0. The van der Waals surface area contributed by atoms with E-state index in [0.717, 1.165) is 43.7 Å². The zero-order valence-corrected chi connectivity index (χ0v) is 14.9. The van der Waals surface area contributed by atoms with Gasteiger partial charge in [0.05, 0.1) is 7.11 Å². The van der Waals surface area contributed by atoms with Gasteiger partial charge in [-0.25, -0.2) is 0 Å². The van der Waals surface area contributed by atoms with E-state index in [2.05, 4.69) is 35.4 Å². The molecule has 20 heavy (non-hydrogen) atoms. The maximum Gasteiger partial charge on any atom is 0.188 e. The van der Waals surface area contributed by atoms with E-state index in [9.17, 15) is 0 Å². The second-order valence-corrected chi connectivity index (χ2v) is 4.60. The number of halogens is 1. The third kappa shape index (κ3) is 6.98. The lowest BCUT2D eigenvalue weighted by atomic mass is 10.1. The number of aliphatic imine (C=N–C) groups is 1. The summed E-state index contributed by atoms with van der Waals surface area (Å²) < 4.78 is 5.31. The van der Waals surface area contributed by atoms with Crippen LogP contribution in [-0.4, -0.2) is 26.2 Å². The fourth-order valence-electron chi connectivity index (χ4n) is 1.77. The molecule has 0 aliphatic carbocycles. The lowest BCUT2D eigenvalue weighted by molar-refractivity contribution is 0.411. The van der Waals surface area contributed by atoms with Crippen molar-refractivity contribution in [3.8, 4) is 5.75 Å². The topological polar surface area (TPSA) is 59.6 Å². The van der Waals surface area contributed by atoms with Gasteiger partial charge in [0, 0.05) is 13.1 Å². The molecule has 0 bridgehead atoms. The molecule has 0 unspecified atom stereocenters. The Bertz CT molecular complexity index is 422. The van der Waals surface area contributed by atoms with Gasteiger partial charge in [-0.1, -0.05) is 25.5 Å². The van der Waals surface area contributed by atoms with Crippen molar-refractivity contribution in [2.24, 2.45) is 10.7 Å². The van der Waals surface area contributed by atoms with Crippen molar-refractivity contribution >= 4 is 29.9 Å². The van der Waals surface area contributed by atoms with Crippen LogP contribution in [-0.2, 0) is 6.42 Å². The number of aryl methyl sites for hydroxylation is 1. The molecular formula is C15H26IN3O. The molecule has 0 aromatic heterocycles. The van der Waals surface area contributed by atoms with Gasteiger partial charge < -0.3 is 15.8 Å². The van der Waals surface area contributed by atoms with Gasteiger partial charge >= 0.3 is 0 Å². The molecule has 0 atom stereocenters. The number of nitrogens with zero attached hydrogens (tertiary/aromatic N) is 1. The molecule has 5 heteroatoms. The van der Waals surface area contributed by atoms with Gasteiger partial charge in [0.2, 0.25) is 0 Å². The van der Waals surface area contributed by atoms with Crippen molar-refractivity contribution in [1.82, 2.24) is 5.32 Å². The number of rotatable bonds is 7. The number of methoxy groups -OCH3 is 1. The molecule has 114 valence electrons. The number of ether oxygens (including phenoxy) is 1. The Labute approximate surface area is 139 Å². The van der Waals surface area contributed by atoms with E-state index in [1.54, 1.807) is 7.11 Å². The van der Waals surface area contributed by atoms with Crippen molar-refractivity contribution in [2.75, 3.05) is 20.2 Å². The van der Waals surface area contributed by atoms with Gasteiger partial charge in [-0.05, 0) is 37.0 Å². The van der Waals surface area contributed by atoms with Crippen LogP contribution in [0.2, 0.25) is 0 Å². The first-order valence-electron chi connectivity index (χ1n) is 6.84. The quantitative estimate of drug-likeness (QED) is 0.325. The molecule has 0 fully saturated rings. The highest BCUT2D eigenvalue weighted by molar-refractivity contribution is 14.0. The molecule has 0 saturated heterocycles. The number of guanidine groups is 1. The van der Waals surface area contributed by atoms with Crippen LogP contribution >= 0.6 is 24.0 Å². The lowest BCUT2D eigenvalue weighted by Crippen LogP contribution is -2.33. The second kappa shape index (κ2) is 10.8. The molecule has 1 aromatic carbocycles. The summed E-state index contributed by atoms with van der Waals surface area (Å²) in [5.41, 5.74) is 8.16. The largest absolute Gasteiger partial charge is 0.496 e. The number of unbranched alkanes of at least 4 members (excludes halogenated alkanes) is 1. The summed E-state index contributed by atoms with van der Waals surface area (Å²) in [6.07, 6.45) is 3.12. The normalized spacial score (nSPS) is 10.8. The molecule has 0 saturated carbocycles. The Hall–Kier alpha value is -0.980. The van der Waals surface area contributed by atoms with Crippen LogP contribution in [0.4, 0.5) is 0 Å². The Morgan fingerprint density at radius 3 is 2.80 bits per heavy atom. The number of nitrogens with two attached hydrogens (primary N) is 1. The lowest BCUT2D eigenvalue weighted by Gasteiger charge is -2.09. The van der Waals surface area contributed by atoms with E-state index in [1.807, 2.05) is 6.92 Å². The van der Waals surface area contributed by atoms with Crippen LogP contribution in [0.25, 0.3) is 0 Å². The average molecular weight is 391 g/mol. The van der Waals surface area contributed by atoms with Gasteiger partial charge in [-0.2, -0.15) is 0 Å². The molecule has 0 spiro atoms. The summed E-state index contributed by atoms with van der Waals surface area (Å²) in [4.78, 5) is 4.25. The predicted molar refractivity (Wildman–Crippen MR) is 96.3 cm³/mol. The third-order valence-corrected chi connectivity index (χ3v) is 2.99. The molecule has 0 aliphatic rings. The zero-order chi connectivity index (χ0) is 14.1. The van der Waals surface area contributed by atoms with Crippen LogP contribution < -0.4 is 15.8 Å². The van der Waals surface area contributed by atoms with Gasteiger partial charge in [-0.3, -0.25) is 4.99 Å². The van der Waals surface area contributed by atoms with E-state index in [4.69, 9.17) is 10.5 Å². The molecule has 3 N–H and O–H groups in total. The van der Waals surface area contributed by atoms with Crippen molar-refractivity contribution in [3.63, 3.8) is 0 Å². The maximum absolute atomic E-state index is 5.77. The fraction of sp³-hybridized carbons (Fsp3) is 0.533. The van der Waals surface area contributed by atoms with Crippen LogP contribution in [0.5, 0.6) is 5.75 Å². The van der Waals surface area contributed by atoms with E-state index >= 15 is 0 Å². The molecule has 0 aliphatic heterocycles. The van der Waals surface area contributed by atoms with E-state index in [0.29, 0.717) is 5.96 Å². The zero-order valence-electron chi connectivity index (χ0n) is 12.6. The van der Waals surface area contributed by atoms with Gasteiger partial charge in [0.1, 0.15) is 5.75 Å². The van der Waals surface area contributed by atoms with Crippen molar-refractivity contribution in [3.05, 3.63) is 29.3 Å². The standard InChI is InChI=1S/C15H25N3O.HI/c1-4-5-9-17-15(16)18-10-8-13-7-6-12(2)14(11-13)19-3;/h6-7,11H,4-5,8-10H2,1-3H3,(H3,16,17,18);1H. The molecule has 1 aromatic rings. The summed E-state index contributed by atoms with van der Waals surface area (Å²) >= 11 is 0. The van der Waals surface area contributed by atoms with Gasteiger partial charge in [0.15, 0.2) is 5.96 Å². The Balaban J connectivity index is 0.00000361. The SMILES string of the molecule is CCCCN=C(N)NCCc1ccc(C)c(OC)c1.I. The highest BCUT2D eigenvalue weighted by Gasteiger charge is 2.00. The van der Waals surface area contributed by atoms with Crippen molar-refractivity contribution in [1.29, 1.82) is 0 Å². The minimum atomic E-state index is 0. The van der Waals surface area contributed by atoms with Crippen molar-refractivity contribution in [2.45, 2.75) is 33.1 Å². The number of hydrogen-bond acceptors (Lipinski definition) is 2. The molecule has 4 nitrogen and oxygen atoms in total. The fourth-order valence-corrected chi connectivity index (χ4v) is 1.77. The summed E-state index contributed by atoms with van der Waals surface area (Å²) in [6, 6.07) is 6.26. The van der Waals surface area contributed by atoms with E-state index in [1.165, 1.54) is 5.56 Å². The average Bonchev–Trinajstić information content (AvgIpc) is 2.41. The Kier molecular flexibility index (Phi) is 10.2. The van der Waals surface area contributed by atoms with Crippen LogP contribution in [0.15, 0.2) is 23.2 Å². The molecule has 0 heterocycles. The molecule has 0 radical (unpaired) electrons. The van der Waals surface area contributed by atoms with Crippen LogP contribution in [0.1, 0.15) is 30.9 Å². The highest BCUT2D eigenvalue weighted by atomic mass is 127. The molecular weight excluding hydrogens is 365 g/mol. The minimum Gasteiger partial charge on any atom is -0.496 e. The number of nitrogens with one attached hydrogen (secondary N) is 1. The van der Waals surface area contributed by atoms with Crippen LogP contribution in [0.3, 0.4) is 0 Å². The third-order valence-electron chi connectivity index (χ3n) is 2.99. The number of benzene rings is 1. The first-order chi connectivity index (χ1) is 9.17. The van der Waals surface area contributed by atoms with Crippen molar-refractivity contribution < 1.29 is 4.74 Å². The first-order valence-corrected chi connectivity index (χ1v) is 6.84. The van der Waals surface area contributed by atoms with Crippen LogP contribution in [0, 0.1) is 6.92 Å². The molecule has 0 amide bonds. The smallest absolute Gasteiger partial charge is 0.188 e. The Morgan fingerprint density at radius 2 is 2.15 bits per heavy atom. The summed E-state index contributed by atoms with van der Waals surface area (Å²) in [5, 5.41) is 3.13. The summed E-state index contributed by atoms with van der Waals surface area (Å²) in [7, 11) is 1.70. The summed E-state index contributed by atoms with van der Waals surface area (Å²) in [6.45, 7) is 5.77. The van der Waals surface area contributed by atoms with Gasteiger partial charge in [0.25, 0.3) is 0 Å². The highest BCUT2D eigenvalue weighted by Crippen LogP contribution is 2.18. The van der Waals surface area contributed by atoms with E-state index in [-0.39, 0.29) is 24.0 Å².